The molecule has 154 valence electrons. The number of benzene rings is 2. The molecule has 0 heterocycles. The molecular formula is C21H30IN3O3. The summed E-state index contributed by atoms with van der Waals surface area (Å²) in [5, 5.41) is 16.7. The van der Waals surface area contributed by atoms with Crippen molar-refractivity contribution >= 4 is 29.9 Å². The maximum atomic E-state index is 10.3. The zero-order chi connectivity index (χ0) is 19.3. The van der Waals surface area contributed by atoms with Gasteiger partial charge in [-0.1, -0.05) is 42.5 Å². The van der Waals surface area contributed by atoms with E-state index in [9.17, 15) is 5.11 Å². The van der Waals surface area contributed by atoms with E-state index in [2.05, 4.69) is 15.6 Å². The van der Waals surface area contributed by atoms with Gasteiger partial charge in [0.15, 0.2) is 5.96 Å². The normalized spacial score (nSPS) is 12.0. The molecule has 28 heavy (non-hydrogen) atoms. The Morgan fingerprint density at radius 3 is 2.43 bits per heavy atom. The number of halogens is 1. The summed E-state index contributed by atoms with van der Waals surface area (Å²) in [4.78, 5) is 4.45. The largest absolute Gasteiger partial charge is 0.497 e. The van der Waals surface area contributed by atoms with Crippen LogP contribution in [-0.4, -0.2) is 44.4 Å². The summed E-state index contributed by atoms with van der Waals surface area (Å²) in [6, 6.07) is 17.4. The van der Waals surface area contributed by atoms with Crippen LogP contribution in [0.25, 0.3) is 0 Å². The lowest BCUT2D eigenvalue weighted by Crippen LogP contribution is -2.39. The molecule has 2 rings (SSSR count). The van der Waals surface area contributed by atoms with E-state index in [1.54, 1.807) is 7.11 Å². The molecule has 1 unspecified atom stereocenters. The molecule has 0 aliphatic carbocycles. The van der Waals surface area contributed by atoms with Crippen molar-refractivity contribution in [1.29, 1.82) is 0 Å². The summed E-state index contributed by atoms with van der Waals surface area (Å²) >= 11 is 0. The first-order valence-corrected chi connectivity index (χ1v) is 9.18. The smallest absolute Gasteiger partial charge is 0.191 e. The van der Waals surface area contributed by atoms with Gasteiger partial charge in [-0.05, 0) is 30.2 Å². The summed E-state index contributed by atoms with van der Waals surface area (Å²) in [6.45, 7) is 4.81. The van der Waals surface area contributed by atoms with Gasteiger partial charge in [0.2, 0.25) is 0 Å². The number of methoxy groups -OCH3 is 1. The highest BCUT2D eigenvalue weighted by Gasteiger charge is 2.07. The average Bonchev–Trinajstić information content (AvgIpc) is 2.72. The third-order valence-electron chi connectivity index (χ3n) is 3.92. The Bertz CT molecular complexity index is 681. The van der Waals surface area contributed by atoms with Gasteiger partial charge in [-0.3, -0.25) is 4.99 Å². The summed E-state index contributed by atoms with van der Waals surface area (Å²) in [7, 11) is 1.62. The molecule has 0 aliphatic heterocycles. The highest BCUT2D eigenvalue weighted by molar-refractivity contribution is 14.0. The van der Waals surface area contributed by atoms with Crippen molar-refractivity contribution in [2.45, 2.75) is 19.6 Å². The number of aliphatic imine (C=N–C) groups is 1. The Labute approximate surface area is 184 Å². The molecule has 0 spiro atoms. The van der Waals surface area contributed by atoms with Gasteiger partial charge in [-0.25, -0.2) is 0 Å². The highest BCUT2D eigenvalue weighted by atomic mass is 127. The number of hydrogen-bond donors (Lipinski definition) is 3. The number of hydrogen-bond acceptors (Lipinski definition) is 4. The number of aliphatic hydroxyl groups is 1. The van der Waals surface area contributed by atoms with Crippen molar-refractivity contribution in [1.82, 2.24) is 10.6 Å². The summed E-state index contributed by atoms with van der Waals surface area (Å²) in [5.74, 6) is 1.42. The molecular weight excluding hydrogens is 469 g/mol. The Morgan fingerprint density at radius 2 is 1.79 bits per heavy atom. The SMILES string of the molecule is CCNC(=NCC(O)c1ccc(OC)cc1)NCCOCc1ccccc1.I. The first-order chi connectivity index (χ1) is 13.2. The summed E-state index contributed by atoms with van der Waals surface area (Å²) in [5.41, 5.74) is 1.96. The first kappa shape index (κ1) is 24.2. The molecule has 6 nitrogen and oxygen atoms in total. The number of guanidine groups is 1. The van der Waals surface area contributed by atoms with Crippen LogP contribution in [0.5, 0.6) is 5.75 Å². The molecule has 7 heteroatoms. The Hall–Kier alpha value is -1.84. The molecule has 0 fully saturated rings. The number of aliphatic hydroxyl groups excluding tert-OH is 1. The Morgan fingerprint density at radius 1 is 1.07 bits per heavy atom. The van der Waals surface area contributed by atoms with Crippen LogP contribution in [-0.2, 0) is 11.3 Å². The maximum absolute atomic E-state index is 10.3. The molecule has 2 aromatic carbocycles. The van der Waals surface area contributed by atoms with Gasteiger partial charge in [0.25, 0.3) is 0 Å². The molecule has 2 aromatic rings. The van der Waals surface area contributed by atoms with E-state index in [4.69, 9.17) is 9.47 Å². The lowest BCUT2D eigenvalue weighted by molar-refractivity contribution is 0.125. The quantitative estimate of drug-likeness (QED) is 0.203. The summed E-state index contributed by atoms with van der Waals surface area (Å²) < 4.78 is 10.8. The van der Waals surface area contributed by atoms with Crippen LogP contribution < -0.4 is 15.4 Å². The second kappa shape index (κ2) is 14.2. The van der Waals surface area contributed by atoms with E-state index >= 15 is 0 Å². The minimum Gasteiger partial charge on any atom is -0.497 e. The molecule has 0 aromatic heterocycles. The standard InChI is InChI=1S/C21H29N3O3.HI/c1-3-22-21(23-13-14-27-16-17-7-5-4-6-8-17)24-15-20(25)18-9-11-19(26-2)12-10-18;/h4-12,20,25H,3,13-16H2,1-2H3,(H2,22,23,24);1H. The van der Waals surface area contributed by atoms with Crippen LogP contribution in [0.1, 0.15) is 24.2 Å². The van der Waals surface area contributed by atoms with Gasteiger partial charge in [0.1, 0.15) is 5.75 Å². The molecule has 0 radical (unpaired) electrons. The van der Waals surface area contributed by atoms with E-state index in [-0.39, 0.29) is 30.5 Å². The third-order valence-corrected chi connectivity index (χ3v) is 3.92. The number of ether oxygens (including phenoxy) is 2. The zero-order valence-electron chi connectivity index (χ0n) is 16.4. The fourth-order valence-corrected chi connectivity index (χ4v) is 2.46. The zero-order valence-corrected chi connectivity index (χ0v) is 18.8. The number of nitrogens with zero attached hydrogens (tertiary/aromatic N) is 1. The molecule has 0 aliphatic rings. The monoisotopic (exact) mass is 499 g/mol. The summed E-state index contributed by atoms with van der Waals surface area (Å²) in [6.07, 6.45) is -0.666. The fourth-order valence-electron chi connectivity index (χ4n) is 2.46. The Balaban J connectivity index is 0.00000392. The van der Waals surface area contributed by atoms with Crippen LogP contribution in [0.15, 0.2) is 59.6 Å². The van der Waals surface area contributed by atoms with Gasteiger partial charge < -0.3 is 25.2 Å². The van der Waals surface area contributed by atoms with Crippen molar-refractivity contribution in [3.05, 3.63) is 65.7 Å². The van der Waals surface area contributed by atoms with E-state index < -0.39 is 6.10 Å². The van der Waals surface area contributed by atoms with Crippen molar-refractivity contribution in [3.63, 3.8) is 0 Å². The lowest BCUT2D eigenvalue weighted by Gasteiger charge is -2.14. The topological polar surface area (TPSA) is 75.1 Å². The fraction of sp³-hybridized carbons (Fsp3) is 0.381. The van der Waals surface area contributed by atoms with Gasteiger partial charge in [0.05, 0.1) is 33.0 Å². The predicted octanol–water partition coefficient (Wildman–Crippen LogP) is 3.12. The van der Waals surface area contributed by atoms with E-state index in [1.165, 1.54) is 0 Å². The van der Waals surface area contributed by atoms with Crippen LogP contribution in [0, 0.1) is 0 Å². The molecule has 0 saturated carbocycles. The predicted molar refractivity (Wildman–Crippen MR) is 123 cm³/mol. The van der Waals surface area contributed by atoms with E-state index in [0.717, 1.165) is 23.4 Å². The minimum absolute atomic E-state index is 0. The molecule has 1 atom stereocenters. The van der Waals surface area contributed by atoms with E-state index in [0.29, 0.717) is 25.7 Å². The van der Waals surface area contributed by atoms with E-state index in [1.807, 2.05) is 61.5 Å². The lowest BCUT2D eigenvalue weighted by atomic mass is 10.1. The van der Waals surface area contributed by atoms with Crippen molar-refractivity contribution in [2.24, 2.45) is 4.99 Å². The number of rotatable bonds is 10. The number of nitrogens with one attached hydrogen (secondary N) is 2. The average molecular weight is 499 g/mol. The first-order valence-electron chi connectivity index (χ1n) is 9.18. The third kappa shape index (κ3) is 8.90. The van der Waals surface area contributed by atoms with Gasteiger partial charge in [-0.2, -0.15) is 0 Å². The highest BCUT2D eigenvalue weighted by Crippen LogP contribution is 2.17. The van der Waals surface area contributed by atoms with Gasteiger partial charge >= 0.3 is 0 Å². The van der Waals surface area contributed by atoms with Crippen LogP contribution >= 0.6 is 24.0 Å². The van der Waals surface area contributed by atoms with Crippen molar-refractivity contribution in [2.75, 3.05) is 33.4 Å². The maximum Gasteiger partial charge on any atom is 0.191 e. The second-order valence-corrected chi connectivity index (χ2v) is 5.97. The molecule has 0 saturated heterocycles. The van der Waals surface area contributed by atoms with Crippen molar-refractivity contribution in [3.8, 4) is 5.75 Å². The van der Waals surface area contributed by atoms with Crippen molar-refractivity contribution < 1.29 is 14.6 Å². The van der Waals surface area contributed by atoms with Crippen LogP contribution in [0.4, 0.5) is 0 Å². The van der Waals surface area contributed by atoms with Gasteiger partial charge in [-0.15, -0.1) is 24.0 Å². The second-order valence-electron chi connectivity index (χ2n) is 5.97. The molecule has 0 amide bonds. The van der Waals surface area contributed by atoms with Crippen LogP contribution in [0.3, 0.4) is 0 Å². The minimum atomic E-state index is -0.666. The molecule has 3 N–H and O–H groups in total. The van der Waals surface area contributed by atoms with Crippen LogP contribution in [0.2, 0.25) is 0 Å². The molecule has 0 bridgehead atoms. The Kier molecular flexibility index (Phi) is 12.3. The van der Waals surface area contributed by atoms with Gasteiger partial charge in [0, 0.05) is 13.1 Å².